The molecule has 0 spiro atoms. The Morgan fingerprint density at radius 3 is 2.25 bits per heavy atom. The van der Waals surface area contributed by atoms with E-state index in [1.54, 1.807) is 24.3 Å². The molecular formula is C9H12N2O. The third-order valence-corrected chi connectivity index (χ3v) is 1.60. The van der Waals surface area contributed by atoms with Crippen LogP contribution in [0.4, 0.5) is 5.69 Å². The lowest BCUT2D eigenvalue weighted by Gasteiger charge is -2.09. The maximum Gasteiger partial charge on any atom is 0.118 e. The van der Waals surface area contributed by atoms with Crippen LogP contribution in [0.15, 0.2) is 36.5 Å². The molecular weight excluding hydrogens is 152 g/mol. The molecule has 1 aromatic rings. The van der Waals surface area contributed by atoms with Crippen LogP contribution in [0.2, 0.25) is 0 Å². The molecule has 0 aliphatic heterocycles. The van der Waals surface area contributed by atoms with Gasteiger partial charge in [0.25, 0.3) is 0 Å². The van der Waals surface area contributed by atoms with Crippen LogP contribution in [0.1, 0.15) is 11.7 Å². The molecule has 0 radical (unpaired) electrons. The molecule has 0 aliphatic rings. The summed E-state index contributed by atoms with van der Waals surface area (Å²) < 4.78 is 0. The molecule has 1 rings (SSSR count). The number of nitrogens with two attached hydrogens (primary N) is 2. The van der Waals surface area contributed by atoms with Gasteiger partial charge in [-0.1, -0.05) is 18.7 Å². The Bertz CT molecular complexity index is 279. The maximum atomic E-state index is 9.42. The molecule has 64 valence electrons. The third kappa shape index (κ3) is 1.77. The average Bonchev–Trinajstić information content (AvgIpc) is 2.04. The second-order valence-electron chi connectivity index (χ2n) is 2.64. The van der Waals surface area contributed by atoms with Crippen molar-refractivity contribution in [2.24, 2.45) is 5.73 Å². The standard InChI is InChI=1S/C9H12N2O/c1-6(10)9(12)7-2-4-8(11)5-3-7/h2-5,9,12H,1,10-11H2. The van der Waals surface area contributed by atoms with Gasteiger partial charge in [0.2, 0.25) is 0 Å². The smallest absolute Gasteiger partial charge is 0.118 e. The van der Waals surface area contributed by atoms with Crippen LogP contribution >= 0.6 is 0 Å². The summed E-state index contributed by atoms with van der Waals surface area (Å²) in [6.45, 7) is 3.45. The highest BCUT2D eigenvalue weighted by Crippen LogP contribution is 2.17. The molecule has 0 aliphatic carbocycles. The fourth-order valence-electron chi connectivity index (χ4n) is 0.892. The first kappa shape index (κ1) is 8.62. The number of hydrogen-bond acceptors (Lipinski definition) is 3. The average molecular weight is 164 g/mol. The molecule has 0 aromatic heterocycles. The van der Waals surface area contributed by atoms with Crippen LogP contribution in [0.3, 0.4) is 0 Å². The SMILES string of the molecule is C=C(N)C(O)c1ccc(N)cc1. The zero-order valence-corrected chi connectivity index (χ0v) is 6.70. The van der Waals surface area contributed by atoms with Crippen molar-refractivity contribution >= 4 is 5.69 Å². The lowest BCUT2D eigenvalue weighted by molar-refractivity contribution is 0.214. The van der Waals surface area contributed by atoms with E-state index in [9.17, 15) is 5.11 Å². The Morgan fingerprint density at radius 2 is 1.83 bits per heavy atom. The van der Waals surface area contributed by atoms with E-state index in [0.29, 0.717) is 11.3 Å². The molecule has 3 nitrogen and oxygen atoms in total. The first-order chi connectivity index (χ1) is 5.61. The molecule has 1 atom stereocenters. The van der Waals surface area contributed by atoms with Gasteiger partial charge in [-0.2, -0.15) is 0 Å². The number of nitrogen functional groups attached to an aromatic ring is 1. The lowest BCUT2D eigenvalue weighted by Crippen LogP contribution is -2.07. The summed E-state index contributed by atoms with van der Waals surface area (Å²) in [4.78, 5) is 0. The van der Waals surface area contributed by atoms with Crippen molar-refractivity contribution in [3.05, 3.63) is 42.1 Å². The van der Waals surface area contributed by atoms with Crippen molar-refractivity contribution in [3.8, 4) is 0 Å². The molecule has 5 N–H and O–H groups in total. The second-order valence-corrected chi connectivity index (χ2v) is 2.64. The highest BCUT2D eigenvalue weighted by atomic mass is 16.3. The van der Waals surface area contributed by atoms with Crippen LogP contribution in [0.5, 0.6) is 0 Å². The monoisotopic (exact) mass is 164 g/mol. The van der Waals surface area contributed by atoms with E-state index in [4.69, 9.17) is 11.5 Å². The Labute approximate surface area is 71.3 Å². The van der Waals surface area contributed by atoms with E-state index in [-0.39, 0.29) is 5.70 Å². The minimum Gasteiger partial charge on any atom is -0.400 e. The molecule has 0 amide bonds. The predicted molar refractivity (Wildman–Crippen MR) is 49.1 cm³/mol. The Balaban J connectivity index is 2.89. The topological polar surface area (TPSA) is 72.3 Å². The quantitative estimate of drug-likeness (QED) is 0.565. The van der Waals surface area contributed by atoms with Gasteiger partial charge in [0.05, 0.1) is 0 Å². The first-order valence-corrected chi connectivity index (χ1v) is 3.59. The molecule has 0 heterocycles. The third-order valence-electron chi connectivity index (χ3n) is 1.60. The lowest BCUT2D eigenvalue weighted by atomic mass is 10.1. The zero-order valence-electron chi connectivity index (χ0n) is 6.70. The largest absolute Gasteiger partial charge is 0.400 e. The van der Waals surface area contributed by atoms with E-state index in [2.05, 4.69) is 6.58 Å². The van der Waals surface area contributed by atoms with E-state index in [1.165, 1.54) is 0 Å². The maximum absolute atomic E-state index is 9.42. The van der Waals surface area contributed by atoms with Crippen LogP contribution in [-0.4, -0.2) is 5.11 Å². The van der Waals surface area contributed by atoms with Crippen molar-refractivity contribution in [2.75, 3.05) is 5.73 Å². The van der Waals surface area contributed by atoms with Crippen molar-refractivity contribution in [2.45, 2.75) is 6.10 Å². The fraction of sp³-hybridized carbons (Fsp3) is 0.111. The van der Waals surface area contributed by atoms with Crippen molar-refractivity contribution in [1.29, 1.82) is 0 Å². The van der Waals surface area contributed by atoms with Crippen LogP contribution in [0.25, 0.3) is 0 Å². The fourth-order valence-corrected chi connectivity index (χ4v) is 0.892. The normalized spacial score (nSPS) is 12.4. The highest BCUT2D eigenvalue weighted by Gasteiger charge is 2.07. The number of hydrogen-bond donors (Lipinski definition) is 3. The van der Waals surface area contributed by atoms with Crippen LogP contribution in [0, 0.1) is 0 Å². The summed E-state index contributed by atoms with van der Waals surface area (Å²) in [6, 6.07) is 6.86. The van der Waals surface area contributed by atoms with Gasteiger partial charge in [-0.25, -0.2) is 0 Å². The minimum absolute atomic E-state index is 0.236. The molecule has 0 bridgehead atoms. The van der Waals surface area contributed by atoms with Crippen molar-refractivity contribution < 1.29 is 5.11 Å². The Morgan fingerprint density at radius 1 is 1.33 bits per heavy atom. The predicted octanol–water partition coefficient (Wildman–Crippen LogP) is 0.775. The van der Waals surface area contributed by atoms with Gasteiger partial charge in [0, 0.05) is 11.4 Å². The number of benzene rings is 1. The van der Waals surface area contributed by atoms with Crippen molar-refractivity contribution in [1.82, 2.24) is 0 Å². The molecule has 0 saturated heterocycles. The zero-order chi connectivity index (χ0) is 9.14. The summed E-state index contributed by atoms with van der Waals surface area (Å²) in [5.41, 5.74) is 12.4. The second kappa shape index (κ2) is 3.28. The number of anilines is 1. The van der Waals surface area contributed by atoms with E-state index in [0.717, 1.165) is 0 Å². The van der Waals surface area contributed by atoms with Gasteiger partial charge in [-0.3, -0.25) is 0 Å². The Kier molecular flexibility index (Phi) is 2.35. The number of aliphatic hydroxyl groups excluding tert-OH is 1. The molecule has 1 aromatic carbocycles. The van der Waals surface area contributed by atoms with Gasteiger partial charge >= 0.3 is 0 Å². The first-order valence-electron chi connectivity index (χ1n) is 3.59. The van der Waals surface area contributed by atoms with E-state index < -0.39 is 6.10 Å². The summed E-state index contributed by atoms with van der Waals surface area (Å²) >= 11 is 0. The highest BCUT2D eigenvalue weighted by molar-refractivity contribution is 5.40. The minimum atomic E-state index is -0.800. The van der Waals surface area contributed by atoms with Crippen LogP contribution < -0.4 is 11.5 Å². The number of rotatable bonds is 2. The molecule has 0 fully saturated rings. The van der Waals surface area contributed by atoms with Gasteiger partial charge in [0.1, 0.15) is 6.10 Å². The van der Waals surface area contributed by atoms with Gasteiger partial charge in [-0.05, 0) is 17.7 Å². The van der Waals surface area contributed by atoms with Gasteiger partial charge in [-0.15, -0.1) is 0 Å². The molecule has 12 heavy (non-hydrogen) atoms. The van der Waals surface area contributed by atoms with Crippen molar-refractivity contribution in [3.63, 3.8) is 0 Å². The molecule has 1 unspecified atom stereocenters. The van der Waals surface area contributed by atoms with E-state index in [1.807, 2.05) is 0 Å². The Hall–Kier alpha value is -1.48. The van der Waals surface area contributed by atoms with Gasteiger partial charge in [0.15, 0.2) is 0 Å². The summed E-state index contributed by atoms with van der Waals surface area (Å²) in [6.07, 6.45) is -0.800. The van der Waals surface area contributed by atoms with Gasteiger partial charge < -0.3 is 16.6 Å². The number of aliphatic hydroxyl groups is 1. The van der Waals surface area contributed by atoms with E-state index >= 15 is 0 Å². The van der Waals surface area contributed by atoms with Crippen LogP contribution in [-0.2, 0) is 0 Å². The molecule has 0 saturated carbocycles. The summed E-state index contributed by atoms with van der Waals surface area (Å²) in [5, 5.41) is 9.42. The molecule has 3 heteroatoms. The summed E-state index contributed by atoms with van der Waals surface area (Å²) in [5.74, 6) is 0. The summed E-state index contributed by atoms with van der Waals surface area (Å²) in [7, 11) is 0.